The first kappa shape index (κ1) is 27.0. The molecule has 8 nitrogen and oxygen atoms in total. The Morgan fingerprint density at radius 1 is 0.976 bits per heavy atom. The first-order valence-corrected chi connectivity index (χ1v) is 13.3. The molecule has 1 aliphatic rings. The molecule has 6 rings (SSSR count). The number of rotatable bonds is 6. The predicted molar refractivity (Wildman–Crippen MR) is 152 cm³/mol. The van der Waals surface area contributed by atoms with Crippen LogP contribution in [0.3, 0.4) is 0 Å². The number of anilines is 1. The molecule has 0 saturated carbocycles. The second-order valence-electron chi connectivity index (χ2n) is 9.90. The van der Waals surface area contributed by atoms with E-state index in [0.29, 0.717) is 42.0 Å². The number of hydrogen-bond acceptors (Lipinski definition) is 6. The van der Waals surface area contributed by atoms with Crippen LogP contribution >= 0.6 is 0 Å². The van der Waals surface area contributed by atoms with Crippen molar-refractivity contribution in [3.63, 3.8) is 0 Å². The molecule has 0 bridgehead atoms. The van der Waals surface area contributed by atoms with E-state index in [1.165, 1.54) is 18.5 Å². The number of para-hydroxylation sites is 1. The third kappa shape index (κ3) is 5.40. The Balaban J connectivity index is 1.25. The average Bonchev–Trinajstić information content (AvgIpc) is 3.40. The smallest absolute Gasteiger partial charge is 0.246 e. The van der Waals surface area contributed by atoms with Crippen LogP contribution in [0.2, 0.25) is 0 Å². The van der Waals surface area contributed by atoms with Gasteiger partial charge in [-0.1, -0.05) is 18.2 Å². The minimum atomic E-state index is -1.55. The number of carbonyl (C=O) groups is 1. The van der Waals surface area contributed by atoms with Crippen LogP contribution in [0.1, 0.15) is 24.4 Å². The minimum Gasteiger partial charge on any atom is -0.457 e. The number of carbonyl (C=O) groups excluding carboxylic acids is 1. The van der Waals surface area contributed by atoms with Gasteiger partial charge in [-0.25, -0.2) is 27.8 Å². The van der Waals surface area contributed by atoms with Gasteiger partial charge in [0.05, 0.1) is 11.4 Å². The molecule has 5 aromatic rings. The van der Waals surface area contributed by atoms with Gasteiger partial charge < -0.3 is 15.4 Å². The lowest BCUT2D eigenvalue weighted by Gasteiger charge is -2.32. The molecule has 1 saturated heterocycles. The lowest BCUT2D eigenvalue weighted by molar-refractivity contribution is -0.127. The Bertz CT molecular complexity index is 1770. The maximum atomic E-state index is 13.6. The van der Waals surface area contributed by atoms with Crippen LogP contribution < -0.4 is 10.5 Å². The van der Waals surface area contributed by atoms with Gasteiger partial charge in [0.1, 0.15) is 29.3 Å². The molecule has 0 radical (unpaired) electrons. The monoisotopic (exact) mass is 570 g/mol. The van der Waals surface area contributed by atoms with E-state index in [-0.39, 0.29) is 23.3 Å². The van der Waals surface area contributed by atoms with Crippen LogP contribution in [0.4, 0.5) is 19.0 Å². The zero-order chi connectivity index (χ0) is 29.2. The molecule has 3 aromatic carbocycles. The first-order chi connectivity index (χ1) is 20.4. The quantitative estimate of drug-likeness (QED) is 0.194. The van der Waals surface area contributed by atoms with Crippen molar-refractivity contribution in [1.29, 1.82) is 0 Å². The van der Waals surface area contributed by atoms with Crippen molar-refractivity contribution in [1.82, 2.24) is 24.6 Å². The summed E-state index contributed by atoms with van der Waals surface area (Å²) in [6.07, 6.45) is 5.31. The molecule has 0 aliphatic carbocycles. The predicted octanol–water partition coefficient (Wildman–Crippen LogP) is 6.16. The van der Waals surface area contributed by atoms with Gasteiger partial charge in [0.15, 0.2) is 23.1 Å². The zero-order valence-corrected chi connectivity index (χ0v) is 22.3. The highest BCUT2D eigenvalue weighted by Gasteiger charge is 2.28. The van der Waals surface area contributed by atoms with E-state index >= 15 is 0 Å². The number of nitrogen functional groups attached to an aromatic ring is 1. The van der Waals surface area contributed by atoms with Gasteiger partial charge in [-0.05, 0) is 73.0 Å². The number of nitrogens with two attached hydrogens (primary N) is 1. The van der Waals surface area contributed by atoms with E-state index in [1.54, 1.807) is 9.58 Å². The summed E-state index contributed by atoms with van der Waals surface area (Å²) in [7, 11) is 0. The number of ether oxygens (including phenoxy) is 1. The fourth-order valence-corrected chi connectivity index (χ4v) is 5.06. The molecule has 42 heavy (non-hydrogen) atoms. The van der Waals surface area contributed by atoms with Crippen molar-refractivity contribution in [3.8, 4) is 22.8 Å². The number of amides is 1. The number of likely N-dealkylation sites (tertiary alicyclic amines) is 1. The standard InChI is InChI=1S/C31H25F3N6O2/c32-24-15-19(16-25(33)28(24)34)8-13-26(41)39-14-4-5-21(17-39)40-31-27(30(35)36-18-37-31)29(38-40)20-9-11-23(12-10-20)42-22-6-2-1-3-7-22/h1-3,6-13,15-16,18,21H,4-5,14,17H2,(H2,35,36,37). The van der Waals surface area contributed by atoms with E-state index < -0.39 is 17.5 Å². The third-order valence-corrected chi connectivity index (χ3v) is 7.10. The molecule has 1 fully saturated rings. The molecule has 1 atom stereocenters. The Labute approximate surface area is 238 Å². The van der Waals surface area contributed by atoms with Crippen LogP contribution in [0.5, 0.6) is 11.5 Å². The van der Waals surface area contributed by atoms with E-state index in [9.17, 15) is 18.0 Å². The molecule has 0 spiro atoms. The summed E-state index contributed by atoms with van der Waals surface area (Å²) in [5.41, 5.74) is 8.29. The van der Waals surface area contributed by atoms with Gasteiger partial charge in [-0.2, -0.15) is 5.10 Å². The fraction of sp³-hybridized carbons (Fsp3) is 0.161. The summed E-state index contributed by atoms with van der Waals surface area (Å²) in [5.74, 6) is -2.85. The maximum absolute atomic E-state index is 13.6. The molecule has 2 N–H and O–H groups in total. The lowest BCUT2D eigenvalue weighted by atomic mass is 10.1. The second-order valence-corrected chi connectivity index (χ2v) is 9.90. The molecular weight excluding hydrogens is 545 g/mol. The molecule has 2 aromatic heterocycles. The molecule has 212 valence electrons. The van der Waals surface area contributed by atoms with Crippen LogP contribution in [0.25, 0.3) is 28.4 Å². The maximum Gasteiger partial charge on any atom is 0.246 e. The van der Waals surface area contributed by atoms with Crippen LogP contribution in [-0.4, -0.2) is 43.6 Å². The van der Waals surface area contributed by atoms with Crippen LogP contribution in [0, 0.1) is 17.5 Å². The second kappa shape index (κ2) is 11.4. The first-order valence-electron chi connectivity index (χ1n) is 13.3. The van der Waals surface area contributed by atoms with E-state index in [2.05, 4.69) is 9.97 Å². The number of hydrogen-bond donors (Lipinski definition) is 1. The Morgan fingerprint density at radius 2 is 1.69 bits per heavy atom. The number of nitrogens with zero attached hydrogens (tertiary/aromatic N) is 5. The van der Waals surface area contributed by atoms with E-state index in [4.69, 9.17) is 15.6 Å². The summed E-state index contributed by atoms with van der Waals surface area (Å²) >= 11 is 0. The normalized spacial score (nSPS) is 15.4. The summed E-state index contributed by atoms with van der Waals surface area (Å²) in [4.78, 5) is 23.3. The van der Waals surface area contributed by atoms with Gasteiger partial charge in [0.2, 0.25) is 5.91 Å². The van der Waals surface area contributed by atoms with Crippen LogP contribution in [0.15, 0.2) is 79.1 Å². The number of aromatic nitrogens is 4. The summed E-state index contributed by atoms with van der Waals surface area (Å²) < 4.78 is 48.1. The molecular formula is C31H25F3N6O2. The van der Waals surface area contributed by atoms with Crippen molar-refractivity contribution < 1.29 is 22.7 Å². The highest BCUT2D eigenvalue weighted by Crippen LogP contribution is 2.35. The summed E-state index contributed by atoms with van der Waals surface area (Å²) in [6, 6.07) is 18.4. The van der Waals surface area contributed by atoms with Gasteiger partial charge >= 0.3 is 0 Å². The van der Waals surface area contributed by atoms with Crippen molar-refractivity contribution in [2.75, 3.05) is 18.8 Å². The molecule has 3 heterocycles. The minimum absolute atomic E-state index is 0.0448. The zero-order valence-electron chi connectivity index (χ0n) is 22.3. The van der Waals surface area contributed by atoms with E-state index in [0.717, 1.165) is 29.9 Å². The van der Waals surface area contributed by atoms with E-state index in [1.807, 2.05) is 54.6 Å². The summed E-state index contributed by atoms with van der Waals surface area (Å²) in [6.45, 7) is 0.831. The van der Waals surface area contributed by atoms with Crippen molar-refractivity contribution in [2.24, 2.45) is 0 Å². The SMILES string of the molecule is Nc1ncnc2c1c(-c1ccc(Oc3ccccc3)cc1)nn2C1CCCN(C(=O)C=Cc2cc(F)c(F)c(F)c2)C1. The molecule has 1 amide bonds. The largest absolute Gasteiger partial charge is 0.457 e. The Kier molecular flexibility index (Phi) is 7.30. The molecule has 1 unspecified atom stereocenters. The molecule has 1 aliphatic heterocycles. The van der Waals surface area contributed by atoms with Gasteiger partial charge in [-0.15, -0.1) is 0 Å². The lowest BCUT2D eigenvalue weighted by Crippen LogP contribution is -2.40. The number of benzene rings is 3. The van der Waals surface area contributed by atoms with Crippen molar-refractivity contribution >= 4 is 28.8 Å². The number of halogens is 3. The van der Waals surface area contributed by atoms with Gasteiger partial charge in [0, 0.05) is 24.7 Å². The average molecular weight is 571 g/mol. The summed E-state index contributed by atoms with van der Waals surface area (Å²) in [5, 5.41) is 5.50. The third-order valence-electron chi connectivity index (χ3n) is 7.10. The Morgan fingerprint density at radius 3 is 2.43 bits per heavy atom. The highest BCUT2D eigenvalue weighted by atomic mass is 19.2. The highest BCUT2D eigenvalue weighted by molar-refractivity contribution is 5.98. The molecule has 11 heteroatoms. The van der Waals surface area contributed by atoms with Crippen LogP contribution in [-0.2, 0) is 4.79 Å². The Hall–Kier alpha value is -5.19. The number of fused-ring (bicyclic) bond motifs is 1. The fourth-order valence-electron chi connectivity index (χ4n) is 5.06. The topological polar surface area (TPSA) is 99.2 Å². The van der Waals surface area contributed by atoms with Crippen molar-refractivity contribution in [3.05, 3.63) is 102 Å². The van der Waals surface area contributed by atoms with Crippen molar-refractivity contribution in [2.45, 2.75) is 18.9 Å². The van der Waals surface area contributed by atoms with Gasteiger partial charge in [0.25, 0.3) is 0 Å². The number of piperidine rings is 1. The van der Waals surface area contributed by atoms with Gasteiger partial charge in [-0.3, -0.25) is 4.79 Å².